The van der Waals surface area contributed by atoms with Gasteiger partial charge in [-0.05, 0) is 44.5 Å². The second-order valence-electron chi connectivity index (χ2n) is 5.71. The normalized spacial score (nSPS) is 22.2. The van der Waals surface area contributed by atoms with E-state index in [1.54, 1.807) is 12.1 Å². The van der Waals surface area contributed by atoms with Crippen LogP contribution in [-0.2, 0) is 6.18 Å². The number of hydrogen-bond acceptors (Lipinski definition) is 2. The van der Waals surface area contributed by atoms with E-state index in [4.69, 9.17) is 0 Å². The number of nitrogens with one attached hydrogen (secondary N) is 1. The highest BCUT2D eigenvalue weighted by molar-refractivity contribution is 5.32. The third-order valence-corrected chi connectivity index (χ3v) is 4.17. The smallest absolute Gasteiger partial charge is 0.306 e. The van der Waals surface area contributed by atoms with Crippen molar-refractivity contribution in [2.24, 2.45) is 0 Å². The highest BCUT2D eigenvalue weighted by Crippen LogP contribution is 2.34. The number of piperidine rings is 1. The minimum Gasteiger partial charge on any atom is -0.306 e. The van der Waals surface area contributed by atoms with Gasteiger partial charge in [-0.3, -0.25) is 0 Å². The van der Waals surface area contributed by atoms with Gasteiger partial charge in [-0.25, -0.2) is 0 Å². The Hall–Kier alpha value is -1.07. The van der Waals surface area contributed by atoms with Crippen LogP contribution in [-0.4, -0.2) is 30.6 Å². The molecule has 1 heterocycles. The first-order valence-electron chi connectivity index (χ1n) is 7.56. The van der Waals surface area contributed by atoms with E-state index >= 15 is 0 Å². The first-order valence-corrected chi connectivity index (χ1v) is 7.56. The molecule has 1 saturated heterocycles. The molecule has 2 atom stereocenters. The van der Waals surface area contributed by atoms with Crippen LogP contribution in [0.1, 0.15) is 43.9 Å². The van der Waals surface area contributed by atoms with Gasteiger partial charge in [0.25, 0.3) is 0 Å². The maximum Gasteiger partial charge on any atom is 0.416 e. The molecule has 21 heavy (non-hydrogen) atoms. The van der Waals surface area contributed by atoms with Crippen LogP contribution in [0.5, 0.6) is 0 Å². The predicted molar refractivity (Wildman–Crippen MR) is 78.1 cm³/mol. The molecule has 1 aliphatic rings. The van der Waals surface area contributed by atoms with Crippen molar-refractivity contribution in [1.29, 1.82) is 0 Å². The number of halogens is 3. The van der Waals surface area contributed by atoms with Gasteiger partial charge in [0.05, 0.1) is 5.56 Å². The molecule has 0 aliphatic carbocycles. The summed E-state index contributed by atoms with van der Waals surface area (Å²) in [4.78, 5) is 2.34. The molecule has 1 aliphatic heterocycles. The Morgan fingerprint density at radius 2 is 2.05 bits per heavy atom. The fourth-order valence-electron chi connectivity index (χ4n) is 3.05. The lowest BCUT2D eigenvalue weighted by Gasteiger charge is -2.34. The van der Waals surface area contributed by atoms with Gasteiger partial charge >= 0.3 is 6.18 Å². The van der Waals surface area contributed by atoms with Crippen LogP contribution < -0.4 is 5.32 Å². The van der Waals surface area contributed by atoms with Crippen molar-refractivity contribution in [2.75, 3.05) is 19.6 Å². The molecule has 0 amide bonds. The summed E-state index contributed by atoms with van der Waals surface area (Å²) in [6.45, 7) is 6.92. The van der Waals surface area contributed by atoms with E-state index in [1.165, 1.54) is 6.07 Å². The zero-order chi connectivity index (χ0) is 15.5. The molecule has 0 aromatic heterocycles. The SMILES string of the molecule is CCN1CCCC(NC(C)c2ccccc2C(F)(F)F)C1. The van der Waals surface area contributed by atoms with Gasteiger partial charge < -0.3 is 10.2 Å². The highest BCUT2D eigenvalue weighted by atomic mass is 19.4. The van der Waals surface area contributed by atoms with Crippen LogP contribution >= 0.6 is 0 Å². The van der Waals surface area contributed by atoms with Gasteiger partial charge in [-0.2, -0.15) is 13.2 Å². The third-order valence-electron chi connectivity index (χ3n) is 4.17. The first-order chi connectivity index (χ1) is 9.91. The molecule has 0 radical (unpaired) electrons. The van der Waals surface area contributed by atoms with E-state index in [2.05, 4.69) is 17.1 Å². The van der Waals surface area contributed by atoms with Gasteiger partial charge in [-0.15, -0.1) is 0 Å². The summed E-state index contributed by atoms with van der Waals surface area (Å²) in [6.07, 6.45) is -2.18. The fraction of sp³-hybridized carbons (Fsp3) is 0.625. The van der Waals surface area contributed by atoms with Crippen molar-refractivity contribution in [3.63, 3.8) is 0 Å². The van der Waals surface area contributed by atoms with E-state index in [0.29, 0.717) is 5.56 Å². The second kappa shape index (κ2) is 6.79. The lowest BCUT2D eigenvalue weighted by Crippen LogP contribution is -2.46. The maximum absolute atomic E-state index is 13.1. The molecule has 1 aromatic carbocycles. The van der Waals surface area contributed by atoms with E-state index < -0.39 is 11.7 Å². The molecule has 2 rings (SSSR count). The molecule has 0 bridgehead atoms. The Morgan fingerprint density at radius 1 is 1.33 bits per heavy atom. The van der Waals surface area contributed by atoms with Crippen LogP contribution in [0.4, 0.5) is 13.2 Å². The maximum atomic E-state index is 13.1. The summed E-state index contributed by atoms with van der Waals surface area (Å²) in [7, 11) is 0. The first kappa shape index (κ1) is 16.3. The molecule has 1 N–H and O–H groups in total. The number of rotatable bonds is 4. The summed E-state index contributed by atoms with van der Waals surface area (Å²) in [5.41, 5.74) is -0.202. The summed E-state index contributed by atoms with van der Waals surface area (Å²) >= 11 is 0. The molecule has 2 nitrogen and oxygen atoms in total. The Morgan fingerprint density at radius 3 is 2.71 bits per heavy atom. The van der Waals surface area contributed by atoms with Crippen molar-refractivity contribution >= 4 is 0 Å². The largest absolute Gasteiger partial charge is 0.416 e. The molecule has 0 spiro atoms. The van der Waals surface area contributed by atoms with Crippen molar-refractivity contribution in [1.82, 2.24) is 10.2 Å². The fourth-order valence-corrected chi connectivity index (χ4v) is 3.05. The van der Waals surface area contributed by atoms with E-state index in [-0.39, 0.29) is 12.1 Å². The average molecular weight is 300 g/mol. The lowest BCUT2D eigenvalue weighted by molar-refractivity contribution is -0.138. The molecule has 0 saturated carbocycles. The van der Waals surface area contributed by atoms with E-state index in [9.17, 15) is 13.2 Å². The molecule has 2 unspecified atom stereocenters. The van der Waals surface area contributed by atoms with Crippen molar-refractivity contribution in [2.45, 2.75) is 44.9 Å². The lowest BCUT2D eigenvalue weighted by atomic mass is 9.98. The monoisotopic (exact) mass is 300 g/mol. The zero-order valence-corrected chi connectivity index (χ0v) is 12.6. The molecule has 5 heteroatoms. The minimum atomic E-state index is -4.30. The predicted octanol–water partition coefficient (Wildman–Crippen LogP) is 3.84. The summed E-state index contributed by atoms with van der Waals surface area (Å²) in [5, 5.41) is 3.37. The molecule has 1 aromatic rings. The van der Waals surface area contributed by atoms with Gasteiger partial charge in [0.2, 0.25) is 0 Å². The summed E-state index contributed by atoms with van der Waals surface area (Å²) < 4.78 is 39.2. The topological polar surface area (TPSA) is 15.3 Å². The highest BCUT2D eigenvalue weighted by Gasteiger charge is 2.34. The Bertz CT molecular complexity index is 459. The average Bonchev–Trinajstić information content (AvgIpc) is 2.46. The van der Waals surface area contributed by atoms with E-state index in [1.807, 2.05) is 6.92 Å². The van der Waals surface area contributed by atoms with Crippen LogP contribution in [0.3, 0.4) is 0 Å². The van der Waals surface area contributed by atoms with Crippen molar-refractivity contribution < 1.29 is 13.2 Å². The van der Waals surface area contributed by atoms with E-state index in [0.717, 1.165) is 38.5 Å². The number of hydrogen-bond donors (Lipinski definition) is 1. The molecular formula is C16H23F3N2. The van der Waals surface area contributed by atoms with Crippen molar-refractivity contribution in [3.8, 4) is 0 Å². The number of nitrogens with zero attached hydrogens (tertiary/aromatic N) is 1. The van der Waals surface area contributed by atoms with Crippen LogP contribution in [0.2, 0.25) is 0 Å². The third kappa shape index (κ3) is 4.20. The summed E-state index contributed by atoms with van der Waals surface area (Å²) in [6, 6.07) is 5.80. The zero-order valence-electron chi connectivity index (χ0n) is 12.6. The second-order valence-corrected chi connectivity index (χ2v) is 5.71. The van der Waals surface area contributed by atoms with Gasteiger partial charge in [0.1, 0.15) is 0 Å². The number of alkyl halides is 3. The van der Waals surface area contributed by atoms with Gasteiger partial charge in [0.15, 0.2) is 0 Å². The van der Waals surface area contributed by atoms with Crippen LogP contribution in [0, 0.1) is 0 Å². The molecular weight excluding hydrogens is 277 g/mol. The van der Waals surface area contributed by atoms with Gasteiger partial charge in [-0.1, -0.05) is 25.1 Å². The number of benzene rings is 1. The van der Waals surface area contributed by atoms with Gasteiger partial charge in [0, 0.05) is 18.6 Å². The Balaban J connectivity index is 2.08. The molecule has 1 fully saturated rings. The molecule has 118 valence electrons. The quantitative estimate of drug-likeness (QED) is 0.909. The Kier molecular flexibility index (Phi) is 5.27. The number of likely N-dealkylation sites (tertiary alicyclic amines) is 1. The minimum absolute atomic E-state index is 0.259. The number of likely N-dealkylation sites (N-methyl/N-ethyl adjacent to an activating group) is 1. The summed E-state index contributed by atoms with van der Waals surface area (Å²) in [5.74, 6) is 0. The Labute approximate surface area is 124 Å². The van der Waals surface area contributed by atoms with Crippen LogP contribution in [0.15, 0.2) is 24.3 Å². The van der Waals surface area contributed by atoms with Crippen LogP contribution in [0.25, 0.3) is 0 Å². The van der Waals surface area contributed by atoms with Crippen molar-refractivity contribution in [3.05, 3.63) is 35.4 Å². The standard InChI is InChI=1S/C16H23F3N2/c1-3-21-10-6-7-13(11-21)20-12(2)14-8-4-5-9-15(14)16(17,18)19/h4-5,8-9,12-13,20H,3,6-7,10-11H2,1-2H3.